The second-order valence-electron chi connectivity index (χ2n) is 6.09. The van der Waals surface area contributed by atoms with Crippen molar-refractivity contribution in [3.63, 3.8) is 0 Å². The molecule has 124 valence electrons. The molecule has 0 radical (unpaired) electrons. The Morgan fingerprint density at radius 3 is 2.67 bits per heavy atom. The predicted octanol–water partition coefficient (Wildman–Crippen LogP) is 2.96. The van der Waals surface area contributed by atoms with Crippen LogP contribution in [0.25, 0.3) is 0 Å². The number of hydrogen-bond acceptors (Lipinski definition) is 3. The first-order valence-electron chi connectivity index (χ1n) is 8.13. The van der Waals surface area contributed by atoms with Crippen molar-refractivity contribution in [2.24, 2.45) is 0 Å². The normalized spacial score (nSPS) is 14.5. The maximum Gasteiger partial charge on any atom is 0.293 e. The number of nitrogens with zero attached hydrogens (tertiary/aromatic N) is 2. The van der Waals surface area contributed by atoms with Gasteiger partial charge in [-0.3, -0.25) is 14.9 Å². The number of amides is 1. The van der Waals surface area contributed by atoms with Gasteiger partial charge in [0.1, 0.15) is 5.69 Å². The predicted molar refractivity (Wildman–Crippen MR) is 89.7 cm³/mol. The number of pyridine rings is 1. The van der Waals surface area contributed by atoms with Gasteiger partial charge in [0.25, 0.3) is 11.6 Å². The van der Waals surface area contributed by atoms with Crippen LogP contribution in [0.5, 0.6) is 0 Å². The topological polar surface area (TPSA) is 76.1 Å². The summed E-state index contributed by atoms with van der Waals surface area (Å²) in [5, 5.41) is 13.7. The average molecular weight is 326 g/mol. The minimum absolute atomic E-state index is 0.103. The number of rotatable bonds is 4. The Balaban J connectivity index is 1.79. The fourth-order valence-corrected chi connectivity index (χ4v) is 3.04. The highest BCUT2D eigenvalue weighted by Crippen LogP contribution is 2.24. The SMILES string of the molecule is C[C@@H](C(=O)Nc1ccccc1[N+](=O)[O-])[n+]1ccc2c(c1)CCCC2. The summed E-state index contributed by atoms with van der Waals surface area (Å²) in [6, 6.07) is 7.79. The molecule has 1 aromatic carbocycles. The Kier molecular flexibility index (Phi) is 4.55. The first-order valence-corrected chi connectivity index (χ1v) is 8.13. The quantitative estimate of drug-likeness (QED) is 0.533. The van der Waals surface area contributed by atoms with Crippen molar-refractivity contribution in [1.29, 1.82) is 0 Å². The standard InChI is InChI=1S/C18H19N3O3/c1-13(20-11-10-14-6-2-3-7-15(14)12-20)18(22)19-16-8-4-5-9-17(16)21(23)24/h4-5,8-13H,2-3,6-7H2,1H3/p+1/t13-/m0/s1. The molecule has 0 spiro atoms. The van der Waals surface area contributed by atoms with Gasteiger partial charge in [-0.25, -0.2) is 0 Å². The molecule has 1 aliphatic rings. The minimum Gasteiger partial charge on any atom is -0.315 e. The van der Waals surface area contributed by atoms with Gasteiger partial charge in [-0.2, -0.15) is 4.57 Å². The molecule has 6 heteroatoms. The molecule has 1 aromatic heterocycles. The fraction of sp³-hybridized carbons (Fsp3) is 0.333. The van der Waals surface area contributed by atoms with Crippen molar-refractivity contribution in [3.05, 3.63) is 64.0 Å². The van der Waals surface area contributed by atoms with Crippen LogP contribution in [0.15, 0.2) is 42.7 Å². The third-order valence-electron chi connectivity index (χ3n) is 4.49. The Hall–Kier alpha value is -2.76. The van der Waals surface area contributed by atoms with Crippen LogP contribution in [0.3, 0.4) is 0 Å². The van der Waals surface area contributed by atoms with Crippen LogP contribution in [0, 0.1) is 10.1 Å². The van der Waals surface area contributed by atoms with Gasteiger partial charge < -0.3 is 5.32 Å². The summed E-state index contributed by atoms with van der Waals surface area (Å²) < 4.78 is 1.87. The second-order valence-corrected chi connectivity index (χ2v) is 6.09. The third kappa shape index (κ3) is 3.27. The Morgan fingerprint density at radius 1 is 1.21 bits per heavy atom. The van der Waals surface area contributed by atoms with Crippen LogP contribution in [0.1, 0.15) is 36.9 Å². The maximum atomic E-state index is 12.5. The lowest BCUT2D eigenvalue weighted by molar-refractivity contribution is -0.706. The number of aromatic nitrogens is 1. The molecule has 1 N–H and O–H groups in total. The lowest BCUT2D eigenvalue weighted by atomic mass is 9.93. The monoisotopic (exact) mass is 326 g/mol. The zero-order chi connectivity index (χ0) is 17.1. The van der Waals surface area contributed by atoms with Gasteiger partial charge in [0.15, 0.2) is 12.4 Å². The number of carbonyl (C=O) groups excluding carboxylic acids is 1. The summed E-state index contributed by atoms with van der Waals surface area (Å²) in [6.45, 7) is 1.79. The van der Waals surface area contributed by atoms with Gasteiger partial charge in [-0.15, -0.1) is 0 Å². The molecule has 1 heterocycles. The second kappa shape index (κ2) is 6.78. The summed E-state index contributed by atoms with van der Waals surface area (Å²) in [6.07, 6.45) is 8.45. The highest BCUT2D eigenvalue weighted by molar-refractivity contribution is 5.94. The average Bonchev–Trinajstić information content (AvgIpc) is 2.61. The van der Waals surface area contributed by atoms with Gasteiger partial charge >= 0.3 is 0 Å². The molecule has 1 atom stereocenters. The van der Waals surface area contributed by atoms with Crippen LogP contribution < -0.4 is 9.88 Å². The van der Waals surface area contributed by atoms with Crippen molar-refractivity contribution in [2.45, 2.75) is 38.6 Å². The van der Waals surface area contributed by atoms with Crippen LogP contribution in [0.2, 0.25) is 0 Å². The highest BCUT2D eigenvalue weighted by atomic mass is 16.6. The van der Waals surface area contributed by atoms with Crippen molar-refractivity contribution >= 4 is 17.3 Å². The van der Waals surface area contributed by atoms with E-state index >= 15 is 0 Å². The van der Waals surface area contributed by atoms with Crippen LogP contribution >= 0.6 is 0 Å². The number of nitro groups is 1. The molecule has 0 aliphatic heterocycles. The third-order valence-corrected chi connectivity index (χ3v) is 4.49. The van der Waals surface area contributed by atoms with Gasteiger partial charge in [-0.1, -0.05) is 12.1 Å². The molecule has 0 saturated heterocycles. The lowest BCUT2D eigenvalue weighted by Crippen LogP contribution is -2.44. The van der Waals surface area contributed by atoms with E-state index < -0.39 is 11.0 Å². The number of benzene rings is 1. The summed E-state index contributed by atoms with van der Waals surface area (Å²) in [5.74, 6) is -0.273. The lowest BCUT2D eigenvalue weighted by Gasteiger charge is -2.15. The molecule has 0 unspecified atom stereocenters. The zero-order valence-corrected chi connectivity index (χ0v) is 13.6. The number of anilines is 1. The van der Waals surface area contributed by atoms with Gasteiger partial charge in [0, 0.05) is 24.6 Å². The largest absolute Gasteiger partial charge is 0.315 e. The molecule has 1 amide bonds. The van der Waals surface area contributed by atoms with Crippen LogP contribution in [-0.2, 0) is 17.6 Å². The van der Waals surface area contributed by atoms with E-state index in [1.807, 2.05) is 17.0 Å². The Bertz CT molecular complexity index is 789. The summed E-state index contributed by atoms with van der Waals surface area (Å²) in [7, 11) is 0. The van der Waals surface area contributed by atoms with Gasteiger partial charge in [0.05, 0.1) is 4.92 Å². The molecule has 6 nitrogen and oxygen atoms in total. The molecule has 24 heavy (non-hydrogen) atoms. The number of aryl methyl sites for hydroxylation is 2. The highest BCUT2D eigenvalue weighted by Gasteiger charge is 2.26. The smallest absolute Gasteiger partial charge is 0.293 e. The molecule has 2 aromatic rings. The molecular weight excluding hydrogens is 306 g/mol. The number of fused-ring (bicyclic) bond motifs is 1. The van der Waals surface area contributed by atoms with E-state index in [-0.39, 0.29) is 17.3 Å². The van der Waals surface area contributed by atoms with E-state index in [0.29, 0.717) is 0 Å². The first kappa shape index (κ1) is 16.1. The van der Waals surface area contributed by atoms with Crippen molar-refractivity contribution < 1.29 is 14.3 Å². The number of nitro benzene ring substituents is 1. The number of para-hydroxylation sites is 2. The van der Waals surface area contributed by atoms with E-state index in [9.17, 15) is 14.9 Å². The van der Waals surface area contributed by atoms with Gasteiger partial charge in [0.2, 0.25) is 6.04 Å². The zero-order valence-electron chi connectivity index (χ0n) is 13.6. The van der Waals surface area contributed by atoms with E-state index in [0.717, 1.165) is 12.8 Å². The Labute approximate surface area is 140 Å². The van der Waals surface area contributed by atoms with Crippen LogP contribution in [-0.4, -0.2) is 10.8 Å². The molecule has 0 bridgehead atoms. The molecule has 3 rings (SSSR count). The van der Waals surface area contributed by atoms with Crippen molar-refractivity contribution in [1.82, 2.24) is 0 Å². The fourth-order valence-electron chi connectivity index (χ4n) is 3.04. The maximum absolute atomic E-state index is 12.5. The molecule has 0 fully saturated rings. The van der Waals surface area contributed by atoms with Gasteiger partial charge in [-0.05, 0) is 37.3 Å². The molecule has 0 saturated carbocycles. The van der Waals surface area contributed by atoms with Crippen molar-refractivity contribution in [2.75, 3.05) is 5.32 Å². The summed E-state index contributed by atoms with van der Waals surface area (Å²) >= 11 is 0. The molecule has 1 aliphatic carbocycles. The molecular formula is C18H20N3O3+. The van der Waals surface area contributed by atoms with E-state index in [2.05, 4.69) is 11.4 Å². The van der Waals surface area contributed by atoms with E-state index in [1.165, 1.54) is 30.0 Å². The number of nitrogens with one attached hydrogen (secondary N) is 1. The first-order chi connectivity index (χ1) is 11.6. The Morgan fingerprint density at radius 2 is 1.92 bits per heavy atom. The van der Waals surface area contributed by atoms with Crippen molar-refractivity contribution in [3.8, 4) is 0 Å². The number of carbonyl (C=O) groups is 1. The van der Waals surface area contributed by atoms with E-state index in [4.69, 9.17) is 0 Å². The van der Waals surface area contributed by atoms with Crippen LogP contribution in [0.4, 0.5) is 11.4 Å². The van der Waals surface area contributed by atoms with E-state index in [1.54, 1.807) is 25.1 Å². The summed E-state index contributed by atoms with van der Waals surface area (Å²) in [4.78, 5) is 23.1. The number of hydrogen-bond donors (Lipinski definition) is 1. The summed E-state index contributed by atoms with van der Waals surface area (Å²) in [5.41, 5.74) is 2.75. The minimum atomic E-state index is -0.494.